The Labute approximate surface area is 216 Å². The molecule has 2 N–H and O–H groups in total. The molecule has 0 unspecified atom stereocenters. The topological polar surface area (TPSA) is 93.9 Å². The van der Waals surface area contributed by atoms with E-state index in [1.165, 1.54) is 17.1 Å². The van der Waals surface area contributed by atoms with Crippen LogP contribution in [0, 0.1) is 19.7 Å². The Hall–Kier alpha value is -3.34. The predicted molar refractivity (Wildman–Crippen MR) is 140 cm³/mol. The molecule has 3 aromatic rings. The number of anilines is 1. The van der Waals surface area contributed by atoms with Crippen LogP contribution in [0.4, 0.5) is 10.1 Å². The molecular weight excluding hydrogens is 475 g/mol. The highest BCUT2D eigenvalue weighted by Gasteiger charge is 2.26. The Balaban J connectivity index is 1.38. The first-order valence-corrected chi connectivity index (χ1v) is 12.5. The third-order valence-electron chi connectivity index (χ3n) is 6.66. The van der Waals surface area contributed by atoms with Gasteiger partial charge in [-0.1, -0.05) is 25.1 Å². The first kappa shape index (κ1) is 26.7. The summed E-state index contributed by atoms with van der Waals surface area (Å²) in [5.41, 5.74) is 5.01. The molecule has 198 valence electrons. The van der Waals surface area contributed by atoms with Gasteiger partial charge < -0.3 is 14.7 Å². The molecule has 1 aromatic heterocycles. The second kappa shape index (κ2) is 11.4. The number of benzene rings is 2. The zero-order chi connectivity index (χ0) is 26.7. The first-order chi connectivity index (χ1) is 17.6. The normalized spacial score (nSPS) is 13.4. The van der Waals surface area contributed by atoms with Crippen LogP contribution in [0.2, 0.25) is 0 Å². The van der Waals surface area contributed by atoms with E-state index in [2.05, 4.69) is 29.6 Å². The quantitative estimate of drug-likeness (QED) is 0.433. The van der Waals surface area contributed by atoms with Gasteiger partial charge in [0.2, 0.25) is 5.91 Å². The maximum atomic E-state index is 13.5. The van der Waals surface area contributed by atoms with Crippen LogP contribution in [0.1, 0.15) is 36.2 Å². The molecule has 2 amide bonds. The van der Waals surface area contributed by atoms with Gasteiger partial charge >= 0.3 is 0 Å². The number of carbonyl (C=O) groups excluding carboxylic acids is 2. The van der Waals surface area contributed by atoms with Crippen molar-refractivity contribution >= 4 is 28.5 Å². The molecule has 2 aromatic carbocycles. The molecule has 2 heterocycles. The number of hydrogen-bond donors (Lipinski definition) is 2. The van der Waals surface area contributed by atoms with Crippen molar-refractivity contribution in [2.75, 3.05) is 38.1 Å². The van der Waals surface area contributed by atoms with Gasteiger partial charge in [0.15, 0.2) is 5.58 Å². The molecule has 37 heavy (non-hydrogen) atoms. The van der Waals surface area contributed by atoms with Crippen LogP contribution in [-0.4, -0.2) is 66.3 Å². The summed E-state index contributed by atoms with van der Waals surface area (Å²) in [5.74, 6) is -0.608. The minimum absolute atomic E-state index is 0.000392. The van der Waals surface area contributed by atoms with Gasteiger partial charge in [-0.25, -0.2) is 9.40 Å². The molecule has 0 aliphatic carbocycles. The van der Waals surface area contributed by atoms with Crippen molar-refractivity contribution in [1.29, 1.82) is 0 Å². The molecule has 10 heteroatoms. The van der Waals surface area contributed by atoms with Crippen LogP contribution in [0.15, 0.2) is 34.9 Å². The lowest BCUT2D eigenvalue weighted by molar-refractivity contribution is -0.145. The monoisotopic (exact) mass is 510 g/mol. The second-order valence-corrected chi connectivity index (χ2v) is 9.81. The number of halogens is 1. The highest BCUT2D eigenvalue weighted by Crippen LogP contribution is 2.29. The SMILES string of the molecule is Cc1cc2c(C)noc2cc1N(CCNC(C)C)C(=O)CNCC(=O)N(C)N1Cc2ccc(F)cc2C1. The minimum atomic E-state index is -0.282. The lowest BCUT2D eigenvalue weighted by atomic mass is 10.1. The molecule has 1 aliphatic heterocycles. The number of aryl methyl sites for hydroxylation is 2. The van der Waals surface area contributed by atoms with Gasteiger partial charge in [-0.05, 0) is 48.7 Å². The van der Waals surface area contributed by atoms with Crippen molar-refractivity contribution in [2.24, 2.45) is 0 Å². The zero-order valence-electron chi connectivity index (χ0n) is 22.1. The molecule has 1 aliphatic rings. The molecule has 0 bridgehead atoms. The van der Waals surface area contributed by atoms with E-state index in [4.69, 9.17) is 4.52 Å². The van der Waals surface area contributed by atoms with Crippen molar-refractivity contribution in [3.05, 3.63) is 58.5 Å². The molecule has 0 atom stereocenters. The summed E-state index contributed by atoms with van der Waals surface area (Å²) in [6, 6.07) is 8.82. The third kappa shape index (κ3) is 6.15. The number of likely N-dealkylation sites (N-methyl/N-ethyl adjacent to an activating group) is 1. The fourth-order valence-corrected chi connectivity index (χ4v) is 4.54. The number of hydrazine groups is 1. The molecule has 0 spiro atoms. The van der Waals surface area contributed by atoms with Crippen LogP contribution in [-0.2, 0) is 22.7 Å². The van der Waals surface area contributed by atoms with Crippen molar-refractivity contribution in [1.82, 2.24) is 25.8 Å². The smallest absolute Gasteiger partial charge is 0.250 e. The van der Waals surface area contributed by atoms with E-state index in [1.807, 2.05) is 31.0 Å². The Morgan fingerprint density at radius 1 is 1.11 bits per heavy atom. The largest absolute Gasteiger partial charge is 0.356 e. The summed E-state index contributed by atoms with van der Waals surface area (Å²) < 4.78 is 19.0. The minimum Gasteiger partial charge on any atom is -0.356 e. The van der Waals surface area contributed by atoms with Crippen molar-refractivity contribution in [2.45, 2.75) is 46.8 Å². The van der Waals surface area contributed by atoms with E-state index < -0.39 is 0 Å². The summed E-state index contributed by atoms with van der Waals surface area (Å²) in [7, 11) is 1.69. The molecule has 9 nitrogen and oxygen atoms in total. The van der Waals surface area contributed by atoms with Crippen molar-refractivity contribution < 1.29 is 18.5 Å². The van der Waals surface area contributed by atoms with Gasteiger partial charge in [0, 0.05) is 50.7 Å². The average molecular weight is 511 g/mol. The number of fused-ring (bicyclic) bond motifs is 2. The first-order valence-electron chi connectivity index (χ1n) is 12.5. The third-order valence-corrected chi connectivity index (χ3v) is 6.66. The van der Waals surface area contributed by atoms with Crippen LogP contribution in [0.5, 0.6) is 0 Å². The number of rotatable bonds is 10. The number of amides is 2. The van der Waals surface area contributed by atoms with Crippen LogP contribution >= 0.6 is 0 Å². The van der Waals surface area contributed by atoms with Crippen LogP contribution < -0.4 is 15.5 Å². The Kier molecular flexibility index (Phi) is 8.21. The maximum absolute atomic E-state index is 13.5. The molecule has 4 rings (SSSR count). The van der Waals surface area contributed by atoms with E-state index in [0.717, 1.165) is 33.5 Å². The van der Waals surface area contributed by atoms with Crippen molar-refractivity contribution in [3.8, 4) is 0 Å². The molecular formula is C27H35FN6O3. The van der Waals surface area contributed by atoms with Gasteiger partial charge in [0.05, 0.1) is 24.5 Å². The van der Waals surface area contributed by atoms with E-state index in [1.54, 1.807) is 18.0 Å². The molecule has 0 fully saturated rings. The number of aromatic nitrogens is 1. The summed E-state index contributed by atoms with van der Waals surface area (Å²) in [6.45, 7) is 10.0. The van der Waals surface area contributed by atoms with Crippen molar-refractivity contribution in [3.63, 3.8) is 0 Å². The Bertz CT molecular complexity index is 1290. The lowest BCUT2D eigenvalue weighted by Crippen LogP contribution is -2.47. The fraction of sp³-hybridized carbons (Fsp3) is 0.444. The average Bonchev–Trinajstić information content (AvgIpc) is 3.43. The number of nitrogens with zero attached hydrogens (tertiary/aromatic N) is 4. The van der Waals surface area contributed by atoms with E-state index >= 15 is 0 Å². The van der Waals surface area contributed by atoms with E-state index in [0.29, 0.717) is 31.8 Å². The number of carbonyl (C=O) groups is 2. The van der Waals surface area contributed by atoms with Gasteiger partial charge in [-0.2, -0.15) is 0 Å². The molecule has 0 radical (unpaired) electrons. The summed E-state index contributed by atoms with van der Waals surface area (Å²) in [6.07, 6.45) is 0. The summed E-state index contributed by atoms with van der Waals surface area (Å²) in [5, 5.41) is 14.7. The van der Waals surface area contributed by atoms with Gasteiger partial charge in [0.1, 0.15) is 5.82 Å². The van der Waals surface area contributed by atoms with Gasteiger partial charge in [0.25, 0.3) is 5.91 Å². The predicted octanol–water partition coefficient (Wildman–Crippen LogP) is 2.89. The fourth-order valence-electron chi connectivity index (χ4n) is 4.54. The summed E-state index contributed by atoms with van der Waals surface area (Å²) in [4.78, 5) is 27.8. The van der Waals surface area contributed by atoms with Crippen LogP contribution in [0.3, 0.4) is 0 Å². The van der Waals surface area contributed by atoms with Gasteiger partial charge in [-0.3, -0.25) is 19.9 Å². The van der Waals surface area contributed by atoms with E-state index in [9.17, 15) is 14.0 Å². The Morgan fingerprint density at radius 2 is 1.84 bits per heavy atom. The maximum Gasteiger partial charge on any atom is 0.250 e. The van der Waals surface area contributed by atoms with Gasteiger partial charge in [-0.15, -0.1) is 0 Å². The Morgan fingerprint density at radius 3 is 2.59 bits per heavy atom. The zero-order valence-corrected chi connectivity index (χ0v) is 22.1. The van der Waals surface area contributed by atoms with Crippen LogP contribution in [0.25, 0.3) is 11.0 Å². The highest BCUT2D eigenvalue weighted by atomic mass is 19.1. The molecule has 0 saturated heterocycles. The molecule has 0 saturated carbocycles. The lowest BCUT2D eigenvalue weighted by Gasteiger charge is -2.28. The highest BCUT2D eigenvalue weighted by molar-refractivity contribution is 5.98. The standard InChI is InChI=1S/C27H35FN6O3/c1-17(2)30-8-9-34(24-12-25-23(10-18(24)3)19(4)31-37-25)27(36)14-29-13-26(35)32(5)33-15-20-6-7-22(28)11-21(20)16-33/h6-7,10-12,17,29-30H,8-9,13-16H2,1-5H3. The number of hydrogen-bond acceptors (Lipinski definition) is 7. The summed E-state index contributed by atoms with van der Waals surface area (Å²) >= 11 is 0. The number of nitrogens with one attached hydrogen (secondary N) is 2. The van der Waals surface area contributed by atoms with E-state index in [-0.39, 0.29) is 36.8 Å². The second-order valence-electron chi connectivity index (χ2n) is 9.81.